The van der Waals surface area contributed by atoms with Crippen LogP contribution in [0.4, 0.5) is 5.82 Å². The maximum atomic E-state index is 12.5. The average molecular weight is 377 g/mol. The van der Waals surface area contributed by atoms with Crippen LogP contribution in [0.5, 0.6) is 0 Å². The number of H-pyrrole nitrogens is 1. The van der Waals surface area contributed by atoms with Gasteiger partial charge in [-0.15, -0.1) is 0 Å². The number of carbonyl (C=O) groups excluding carboxylic acids is 1. The standard InChI is InChI=1S/C22H27N5O/c1-16(9-12-27-10-5-2-6-11-27)22(28)24-21-14-20(25-26-21)18-13-17-7-3-4-8-19(17)23-15-18/h3-4,7-8,13-16H,2,5-6,9-12H2,1H3,(H2,24,25,26,28). The molecule has 1 unspecified atom stereocenters. The molecule has 1 saturated heterocycles. The number of hydrogen-bond acceptors (Lipinski definition) is 4. The number of nitrogens with zero attached hydrogens (tertiary/aromatic N) is 3. The average Bonchev–Trinajstić information content (AvgIpc) is 3.21. The third-order valence-electron chi connectivity index (χ3n) is 5.51. The van der Waals surface area contributed by atoms with Gasteiger partial charge in [0.15, 0.2) is 5.82 Å². The van der Waals surface area contributed by atoms with E-state index in [1.54, 1.807) is 0 Å². The van der Waals surface area contributed by atoms with E-state index < -0.39 is 0 Å². The first-order valence-electron chi connectivity index (χ1n) is 10.1. The number of hydrogen-bond donors (Lipinski definition) is 2. The van der Waals surface area contributed by atoms with Crippen LogP contribution in [0, 0.1) is 5.92 Å². The van der Waals surface area contributed by atoms with Crippen LogP contribution in [0.15, 0.2) is 42.6 Å². The van der Waals surface area contributed by atoms with Gasteiger partial charge in [0.2, 0.25) is 5.91 Å². The Balaban J connectivity index is 1.36. The monoisotopic (exact) mass is 377 g/mol. The fourth-order valence-corrected chi connectivity index (χ4v) is 3.69. The molecule has 0 radical (unpaired) electrons. The van der Waals surface area contributed by atoms with Crippen LogP contribution in [-0.2, 0) is 4.79 Å². The topological polar surface area (TPSA) is 73.9 Å². The number of aromatic amines is 1. The molecule has 1 atom stereocenters. The number of benzene rings is 1. The maximum absolute atomic E-state index is 12.5. The molecule has 146 valence electrons. The van der Waals surface area contributed by atoms with E-state index in [2.05, 4.69) is 31.5 Å². The number of likely N-dealkylation sites (tertiary alicyclic amines) is 1. The smallest absolute Gasteiger partial charge is 0.228 e. The van der Waals surface area contributed by atoms with Crippen LogP contribution in [0.1, 0.15) is 32.6 Å². The number of nitrogens with one attached hydrogen (secondary N) is 2. The third kappa shape index (κ3) is 4.39. The normalized spacial score (nSPS) is 16.2. The third-order valence-corrected chi connectivity index (χ3v) is 5.51. The summed E-state index contributed by atoms with van der Waals surface area (Å²) in [6, 6.07) is 11.9. The summed E-state index contributed by atoms with van der Waals surface area (Å²) in [4.78, 5) is 19.5. The predicted octanol–water partition coefficient (Wildman–Crippen LogP) is 4.08. The second kappa shape index (κ2) is 8.52. The van der Waals surface area contributed by atoms with Crippen molar-refractivity contribution in [2.24, 2.45) is 5.92 Å². The molecule has 4 rings (SSSR count). The van der Waals surface area contributed by atoms with Crippen LogP contribution in [0.25, 0.3) is 22.2 Å². The molecule has 0 bridgehead atoms. The highest BCUT2D eigenvalue weighted by atomic mass is 16.1. The molecular formula is C22H27N5O. The molecule has 0 aliphatic carbocycles. The molecule has 0 saturated carbocycles. The summed E-state index contributed by atoms with van der Waals surface area (Å²) < 4.78 is 0. The van der Waals surface area contributed by atoms with E-state index in [4.69, 9.17) is 0 Å². The number of fused-ring (bicyclic) bond motifs is 1. The number of rotatable bonds is 6. The quantitative estimate of drug-likeness (QED) is 0.679. The van der Waals surface area contributed by atoms with Crippen molar-refractivity contribution < 1.29 is 4.79 Å². The van der Waals surface area contributed by atoms with Crippen molar-refractivity contribution in [3.63, 3.8) is 0 Å². The van der Waals surface area contributed by atoms with Crippen molar-refractivity contribution in [1.29, 1.82) is 0 Å². The first-order valence-corrected chi connectivity index (χ1v) is 10.1. The summed E-state index contributed by atoms with van der Waals surface area (Å²) >= 11 is 0. The summed E-state index contributed by atoms with van der Waals surface area (Å²) in [5, 5.41) is 11.3. The number of piperidine rings is 1. The zero-order valence-electron chi connectivity index (χ0n) is 16.3. The number of para-hydroxylation sites is 1. The van der Waals surface area contributed by atoms with Crippen LogP contribution in [-0.4, -0.2) is 45.6 Å². The Morgan fingerprint density at radius 2 is 2.04 bits per heavy atom. The van der Waals surface area contributed by atoms with Gasteiger partial charge in [-0.05, 0) is 51.0 Å². The lowest BCUT2D eigenvalue weighted by Crippen LogP contribution is -2.33. The number of aromatic nitrogens is 3. The van der Waals surface area contributed by atoms with Crippen LogP contribution >= 0.6 is 0 Å². The van der Waals surface area contributed by atoms with Gasteiger partial charge in [0.05, 0.1) is 11.2 Å². The van der Waals surface area contributed by atoms with Gasteiger partial charge in [-0.25, -0.2) is 0 Å². The minimum absolute atomic E-state index is 0.0201. The highest BCUT2D eigenvalue weighted by Gasteiger charge is 2.17. The summed E-state index contributed by atoms with van der Waals surface area (Å²) in [7, 11) is 0. The van der Waals surface area contributed by atoms with E-state index in [9.17, 15) is 4.79 Å². The highest BCUT2D eigenvalue weighted by Crippen LogP contribution is 2.23. The molecule has 6 heteroatoms. The van der Waals surface area contributed by atoms with Crippen molar-refractivity contribution in [2.45, 2.75) is 32.6 Å². The van der Waals surface area contributed by atoms with Crippen LogP contribution < -0.4 is 5.32 Å². The molecule has 3 heterocycles. The summed E-state index contributed by atoms with van der Waals surface area (Å²) in [5.74, 6) is 0.536. The zero-order chi connectivity index (χ0) is 19.3. The summed E-state index contributed by atoms with van der Waals surface area (Å²) in [5.41, 5.74) is 2.75. The van der Waals surface area contributed by atoms with E-state index in [0.29, 0.717) is 5.82 Å². The molecule has 1 aromatic carbocycles. The van der Waals surface area contributed by atoms with Gasteiger partial charge in [0.25, 0.3) is 0 Å². The maximum Gasteiger partial charge on any atom is 0.228 e. The van der Waals surface area contributed by atoms with E-state index in [0.717, 1.165) is 48.2 Å². The Labute approximate surface area is 165 Å². The fraction of sp³-hybridized carbons (Fsp3) is 0.409. The van der Waals surface area contributed by atoms with Crippen molar-refractivity contribution in [1.82, 2.24) is 20.1 Å². The van der Waals surface area contributed by atoms with Crippen molar-refractivity contribution in [3.8, 4) is 11.3 Å². The van der Waals surface area contributed by atoms with Gasteiger partial charge in [0.1, 0.15) is 0 Å². The van der Waals surface area contributed by atoms with Crippen LogP contribution in [0.2, 0.25) is 0 Å². The molecule has 1 aliphatic heterocycles. The van der Waals surface area contributed by atoms with Crippen molar-refractivity contribution >= 4 is 22.6 Å². The molecule has 2 aromatic heterocycles. The van der Waals surface area contributed by atoms with E-state index in [1.807, 2.05) is 43.5 Å². The van der Waals surface area contributed by atoms with Gasteiger partial charge >= 0.3 is 0 Å². The van der Waals surface area contributed by atoms with Gasteiger partial charge in [-0.2, -0.15) is 5.10 Å². The fourth-order valence-electron chi connectivity index (χ4n) is 3.69. The largest absolute Gasteiger partial charge is 0.309 e. The highest BCUT2D eigenvalue weighted by molar-refractivity contribution is 5.92. The lowest BCUT2D eigenvalue weighted by molar-refractivity contribution is -0.119. The lowest BCUT2D eigenvalue weighted by Gasteiger charge is -2.27. The SMILES string of the molecule is CC(CCN1CCCCC1)C(=O)Nc1cc(-c2cnc3ccccc3c2)[nH]n1. The molecule has 1 aliphatic rings. The molecular weight excluding hydrogens is 350 g/mol. The Kier molecular flexibility index (Phi) is 5.67. The Morgan fingerprint density at radius 3 is 2.89 bits per heavy atom. The summed E-state index contributed by atoms with van der Waals surface area (Å²) in [6.45, 7) is 5.30. The van der Waals surface area contributed by atoms with E-state index in [1.165, 1.54) is 19.3 Å². The van der Waals surface area contributed by atoms with Crippen LogP contribution in [0.3, 0.4) is 0 Å². The number of carbonyl (C=O) groups is 1. The zero-order valence-corrected chi connectivity index (χ0v) is 16.3. The molecule has 3 aromatic rings. The Morgan fingerprint density at radius 1 is 1.21 bits per heavy atom. The Bertz CT molecular complexity index is 945. The molecule has 1 amide bonds. The molecule has 6 nitrogen and oxygen atoms in total. The molecule has 0 spiro atoms. The van der Waals surface area contributed by atoms with E-state index >= 15 is 0 Å². The second-order valence-corrected chi connectivity index (χ2v) is 7.66. The lowest BCUT2D eigenvalue weighted by atomic mass is 10.1. The first kappa shape index (κ1) is 18.6. The molecule has 1 fully saturated rings. The minimum atomic E-state index is -0.0376. The molecule has 28 heavy (non-hydrogen) atoms. The predicted molar refractivity (Wildman–Crippen MR) is 112 cm³/mol. The van der Waals surface area contributed by atoms with Gasteiger partial charge in [-0.1, -0.05) is 31.5 Å². The number of anilines is 1. The van der Waals surface area contributed by atoms with Gasteiger partial charge < -0.3 is 10.2 Å². The van der Waals surface area contributed by atoms with Gasteiger partial charge in [-0.3, -0.25) is 14.9 Å². The number of pyridine rings is 1. The van der Waals surface area contributed by atoms with E-state index in [-0.39, 0.29) is 11.8 Å². The summed E-state index contributed by atoms with van der Waals surface area (Å²) in [6.07, 6.45) is 6.58. The molecule has 2 N–H and O–H groups in total. The van der Waals surface area contributed by atoms with Gasteiger partial charge in [0, 0.05) is 29.1 Å². The van der Waals surface area contributed by atoms with Crippen molar-refractivity contribution in [2.75, 3.05) is 25.0 Å². The Hall–Kier alpha value is -2.73. The minimum Gasteiger partial charge on any atom is -0.309 e. The van der Waals surface area contributed by atoms with Crippen molar-refractivity contribution in [3.05, 3.63) is 42.6 Å². The second-order valence-electron chi connectivity index (χ2n) is 7.66. The first-order chi connectivity index (χ1) is 13.7. The number of amides is 1.